The van der Waals surface area contributed by atoms with Gasteiger partial charge in [-0.15, -0.1) is 0 Å². The van der Waals surface area contributed by atoms with E-state index in [9.17, 15) is 0 Å². The third kappa shape index (κ3) is 3.03. The Bertz CT molecular complexity index is 848. The summed E-state index contributed by atoms with van der Waals surface area (Å²) in [5.41, 5.74) is 5.19. The van der Waals surface area contributed by atoms with Crippen LogP contribution >= 0.6 is 0 Å². The number of quaternary nitrogens is 1. The molecule has 1 aliphatic rings. The first-order chi connectivity index (χ1) is 12.3. The fourth-order valence-corrected chi connectivity index (χ4v) is 4.00. The molecular formula is C21H25N2O2+. The number of nitrogens with one attached hydrogen (secondary N) is 2. The van der Waals surface area contributed by atoms with Crippen LogP contribution in [-0.2, 0) is 4.74 Å². The quantitative estimate of drug-likeness (QED) is 0.768. The second kappa shape index (κ2) is 6.90. The molecule has 2 aromatic carbocycles. The fraction of sp³-hybridized carbons (Fsp3) is 0.333. The number of hydrogen-bond donors (Lipinski definition) is 2. The summed E-state index contributed by atoms with van der Waals surface area (Å²) < 4.78 is 11.0. The summed E-state index contributed by atoms with van der Waals surface area (Å²) in [5.74, 6) is 0.898. The average molecular weight is 337 g/mol. The van der Waals surface area contributed by atoms with Gasteiger partial charge in [0.15, 0.2) is 0 Å². The molecule has 4 rings (SSSR count). The van der Waals surface area contributed by atoms with E-state index in [1.807, 2.05) is 0 Å². The zero-order valence-corrected chi connectivity index (χ0v) is 14.8. The lowest BCUT2D eigenvalue weighted by Gasteiger charge is -2.32. The monoisotopic (exact) mass is 337 g/mol. The molecule has 0 amide bonds. The first-order valence-electron chi connectivity index (χ1n) is 8.91. The highest BCUT2D eigenvalue weighted by molar-refractivity contribution is 5.85. The molecule has 1 saturated heterocycles. The van der Waals surface area contributed by atoms with Crippen LogP contribution in [0.3, 0.4) is 0 Å². The molecule has 2 N–H and O–H groups in total. The van der Waals surface area contributed by atoms with Gasteiger partial charge in [0, 0.05) is 27.7 Å². The molecule has 0 spiro atoms. The van der Waals surface area contributed by atoms with E-state index in [0.717, 1.165) is 32.1 Å². The van der Waals surface area contributed by atoms with Crippen LogP contribution in [0.2, 0.25) is 0 Å². The Morgan fingerprint density at radius 1 is 1.04 bits per heavy atom. The second-order valence-corrected chi connectivity index (χ2v) is 6.69. The lowest BCUT2D eigenvalue weighted by atomic mass is 9.94. The molecule has 2 heterocycles. The minimum Gasteiger partial charge on any atom is -0.497 e. The van der Waals surface area contributed by atoms with Gasteiger partial charge < -0.3 is 19.4 Å². The molecule has 0 radical (unpaired) electrons. The molecule has 130 valence electrons. The van der Waals surface area contributed by atoms with E-state index in [-0.39, 0.29) is 0 Å². The third-order valence-electron chi connectivity index (χ3n) is 5.22. The molecule has 25 heavy (non-hydrogen) atoms. The Morgan fingerprint density at radius 2 is 1.76 bits per heavy atom. The van der Waals surface area contributed by atoms with Gasteiger partial charge in [0.1, 0.15) is 24.9 Å². The Labute approximate surface area is 148 Å². The van der Waals surface area contributed by atoms with E-state index >= 15 is 0 Å². The highest BCUT2D eigenvalue weighted by Gasteiger charge is 2.31. The van der Waals surface area contributed by atoms with Gasteiger partial charge in [-0.25, -0.2) is 0 Å². The van der Waals surface area contributed by atoms with Crippen molar-refractivity contribution in [2.24, 2.45) is 0 Å². The number of hydrogen-bond acceptors (Lipinski definition) is 2. The van der Waals surface area contributed by atoms with Gasteiger partial charge in [-0.05, 0) is 37.3 Å². The van der Waals surface area contributed by atoms with Gasteiger partial charge >= 0.3 is 0 Å². The lowest BCUT2D eigenvalue weighted by Crippen LogP contribution is -3.14. The molecule has 1 aromatic heterocycles. The van der Waals surface area contributed by atoms with Gasteiger partial charge in [-0.3, -0.25) is 0 Å². The van der Waals surface area contributed by atoms with Crippen LogP contribution in [-0.4, -0.2) is 38.4 Å². The van der Waals surface area contributed by atoms with Crippen molar-refractivity contribution < 1.29 is 14.4 Å². The summed E-state index contributed by atoms with van der Waals surface area (Å²) >= 11 is 0. The van der Waals surface area contributed by atoms with E-state index in [2.05, 4.69) is 60.4 Å². The minimum absolute atomic E-state index is 0.297. The van der Waals surface area contributed by atoms with Crippen LogP contribution in [0.25, 0.3) is 10.9 Å². The number of aromatic nitrogens is 1. The van der Waals surface area contributed by atoms with Gasteiger partial charge in [-0.1, -0.05) is 18.2 Å². The Hall–Kier alpha value is -2.30. The zero-order valence-electron chi connectivity index (χ0n) is 14.8. The van der Waals surface area contributed by atoms with E-state index < -0.39 is 0 Å². The van der Waals surface area contributed by atoms with E-state index in [4.69, 9.17) is 9.47 Å². The third-order valence-corrected chi connectivity index (χ3v) is 5.22. The Kier molecular flexibility index (Phi) is 4.47. The lowest BCUT2D eigenvalue weighted by molar-refractivity contribution is -0.933. The first-order valence-corrected chi connectivity index (χ1v) is 8.91. The van der Waals surface area contributed by atoms with Gasteiger partial charge in [0.05, 0.1) is 20.3 Å². The fourth-order valence-electron chi connectivity index (χ4n) is 4.00. The Balaban J connectivity index is 1.85. The summed E-state index contributed by atoms with van der Waals surface area (Å²) in [6.07, 6.45) is 0. The van der Waals surface area contributed by atoms with Gasteiger partial charge in [-0.2, -0.15) is 0 Å². The maximum Gasteiger partial charge on any atom is 0.141 e. The molecular weight excluding hydrogens is 312 g/mol. The van der Waals surface area contributed by atoms with Crippen LogP contribution in [0.15, 0.2) is 48.5 Å². The molecule has 0 aliphatic carbocycles. The largest absolute Gasteiger partial charge is 0.497 e. The van der Waals surface area contributed by atoms with Crippen LogP contribution in [0.5, 0.6) is 5.75 Å². The normalized spacial score (nSPS) is 16.9. The molecule has 0 saturated carbocycles. The molecule has 1 atom stereocenters. The number of aromatic amines is 1. The molecule has 0 unspecified atom stereocenters. The number of ether oxygens (including phenoxy) is 2. The van der Waals surface area contributed by atoms with Crippen LogP contribution in [0.4, 0.5) is 0 Å². The minimum atomic E-state index is 0.297. The van der Waals surface area contributed by atoms with E-state index in [1.54, 1.807) is 12.0 Å². The highest BCUT2D eigenvalue weighted by Crippen LogP contribution is 2.31. The number of methoxy groups -OCH3 is 1. The number of para-hydroxylation sites is 1. The molecule has 4 heteroatoms. The number of fused-ring (bicyclic) bond motifs is 1. The van der Waals surface area contributed by atoms with Crippen molar-refractivity contribution in [3.05, 3.63) is 65.4 Å². The number of benzene rings is 2. The number of aryl methyl sites for hydroxylation is 1. The maximum absolute atomic E-state index is 5.61. The predicted octanol–water partition coefficient (Wildman–Crippen LogP) is 2.49. The molecule has 1 fully saturated rings. The van der Waals surface area contributed by atoms with Crippen molar-refractivity contribution in [3.8, 4) is 5.75 Å². The first kappa shape index (κ1) is 16.2. The number of morpholine rings is 1. The zero-order chi connectivity index (χ0) is 17.2. The molecule has 0 bridgehead atoms. The van der Waals surface area contributed by atoms with Crippen molar-refractivity contribution in [2.45, 2.75) is 13.0 Å². The van der Waals surface area contributed by atoms with Crippen LogP contribution in [0.1, 0.15) is 22.9 Å². The van der Waals surface area contributed by atoms with Crippen molar-refractivity contribution in [3.63, 3.8) is 0 Å². The van der Waals surface area contributed by atoms with E-state index in [1.165, 1.54) is 27.7 Å². The SMILES string of the molecule is COc1ccc([C@@H](c2c(C)[nH]c3ccccc23)[NH+]2CCOCC2)cc1. The van der Waals surface area contributed by atoms with Crippen LogP contribution < -0.4 is 9.64 Å². The van der Waals surface area contributed by atoms with Crippen molar-refractivity contribution >= 4 is 10.9 Å². The standard InChI is InChI=1S/C21H24N2O2/c1-15-20(18-5-3-4-6-19(18)22-15)21(23-11-13-25-14-12-23)16-7-9-17(24-2)10-8-16/h3-10,21-22H,11-14H2,1-2H3/p+1/t21-/m0/s1. The second-order valence-electron chi connectivity index (χ2n) is 6.69. The smallest absolute Gasteiger partial charge is 0.141 e. The summed E-state index contributed by atoms with van der Waals surface area (Å²) in [4.78, 5) is 5.13. The van der Waals surface area contributed by atoms with Crippen LogP contribution in [0, 0.1) is 6.92 Å². The number of H-pyrrole nitrogens is 1. The van der Waals surface area contributed by atoms with Crippen molar-refractivity contribution in [2.75, 3.05) is 33.4 Å². The molecule has 3 aromatic rings. The summed E-state index contributed by atoms with van der Waals surface area (Å²) in [6, 6.07) is 17.4. The summed E-state index contributed by atoms with van der Waals surface area (Å²) in [7, 11) is 1.71. The molecule has 1 aliphatic heterocycles. The van der Waals surface area contributed by atoms with Crippen molar-refractivity contribution in [1.82, 2.24) is 4.98 Å². The van der Waals surface area contributed by atoms with Gasteiger partial charge in [0.2, 0.25) is 0 Å². The topological polar surface area (TPSA) is 38.7 Å². The average Bonchev–Trinajstić information content (AvgIpc) is 3.00. The van der Waals surface area contributed by atoms with Crippen molar-refractivity contribution in [1.29, 1.82) is 0 Å². The predicted molar refractivity (Wildman–Crippen MR) is 99.4 cm³/mol. The van der Waals surface area contributed by atoms with E-state index in [0.29, 0.717) is 6.04 Å². The van der Waals surface area contributed by atoms with Gasteiger partial charge in [0.25, 0.3) is 0 Å². The summed E-state index contributed by atoms with van der Waals surface area (Å²) in [5, 5.41) is 1.32. The maximum atomic E-state index is 5.61. The Morgan fingerprint density at radius 3 is 2.48 bits per heavy atom. The number of rotatable bonds is 4. The summed E-state index contributed by atoms with van der Waals surface area (Å²) in [6.45, 7) is 5.88. The molecule has 4 nitrogen and oxygen atoms in total. The highest BCUT2D eigenvalue weighted by atomic mass is 16.5.